The van der Waals surface area contributed by atoms with Gasteiger partial charge in [0.15, 0.2) is 5.78 Å². The molecule has 2 rings (SSSR count). The first-order chi connectivity index (χ1) is 11.4. The first-order valence-corrected chi connectivity index (χ1v) is 8.60. The Morgan fingerprint density at radius 1 is 1.25 bits per heavy atom. The Hall–Kier alpha value is -1.87. The molecule has 0 saturated carbocycles. The van der Waals surface area contributed by atoms with Gasteiger partial charge in [-0.15, -0.1) is 0 Å². The molecular formula is C21H28O3. The van der Waals surface area contributed by atoms with Gasteiger partial charge in [0.25, 0.3) is 0 Å². The predicted molar refractivity (Wildman–Crippen MR) is 97.3 cm³/mol. The number of ether oxygens (including phenoxy) is 2. The van der Waals surface area contributed by atoms with Crippen molar-refractivity contribution >= 4 is 5.78 Å². The van der Waals surface area contributed by atoms with E-state index in [2.05, 4.69) is 26.0 Å². The number of para-hydroxylation sites is 1. The van der Waals surface area contributed by atoms with Gasteiger partial charge in [0.1, 0.15) is 18.0 Å². The molecule has 3 nitrogen and oxygen atoms in total. The van der Waals surface area contributed by atoms with Gasteiger partial charge in [-0.1, -0.05) is 29.8 Å². The Balaban J connectivity index is 1.74. The lowest BCUT2D eigenvalue weighted by atomic mass is 10.0. The standard InChI is InChI=1S/C21H28O3/c1-16(13-14-23-18-11-6-5-7-12-18)9-8-10-17(2)19-15-20(22)21(3,4)24-19/h5-7,10-13,19H,8-9,14-15H2,1-4H3/b16-13+,17-10+. The highest BCUT2D eigenvalue weighted by atomic mass is 16.5. The first kappa shape index (κ1) is 18.5. The molecular weight excluding hydrogens is 300 g/mol. The van der Waals surface area contributed by atoms with Crippen LogP contribution in [0.3, 0.4) is 0 Å². The van der Waals surface area contributed by atoms with Gasteiger partial charge in [-0.05, 0) is 64.3 Å². The molecule has 1 aromatic rings. The molecule has 0 aromatic heterocycles. The van der Waals surface area contributed by atoms with Crippen LogP contribution in [-0.4, -0.2) is 24.1 Å². The van der Waals surface area contributed by atoms with Crippen molar-refractivity contribution < 1.29 is 14.3 Å². The second-order valence-electron chi connectivity index (χ2n) is 6.91. The van der Waals surface area contributed by atoms with Crippen LogP contribution >= 0.6 is 0 Å². The third kappa shape index (κ3) is 5.34. The molecule has 1 unspecified atom stereocenters. The zero-order valence-electron chi connectivity index (χ0n) is 15.2. The van der Waals surface area contributed by atoms with E-state index >= 15 is 0 Å². The minimum atomic E-state index is -0.635. The maximum Gasteiger partial charge on any atom is 0.167 e. The Morgan fingerprint density at radius 3 is 2.58 bits per heavy atom. The average Bonchev–Trinajstić information content (AvgIpc) is 2.82. The van der Waals surface area contributed by atoms with Crippen molar-refractivity contribution in [3.05, 3.63) is 53.6 Å². The fourth-order valence-corrected chi connectivity index (χ4v) is 2.69. The van der Waals surface area contributed by atoms with E-state index < -0.39 is 5.60 Å². The number of rotatable bonds is 7. The minimum absolute atomic E-state index is 0.0572. The summed E-state index contributed by atoms with van der Waals surface area (Å²) in [4.78, 5) is 11.9. The van der Waals surface area contributed by atoms with Crippen molar-refractivity contribution in [3.63, 3.8) is 0 Å². The van der Waals surface area contributed by atoms with E-state index in [-0.39, 0.29) is 11.9 Å². The summed E-state index contributed by atoms with van der Waals surface area (Å²) >= 11 is 0. The van der Waals surface area contributed by atoms with Crippen LogP contribution in [0, 0.1) is 0 Å². The second kappa shape index (κ2) is 8.29. The van der Waals surface area contributed by atoms with Gasteiger partial charge in [0, 0.05) is 6.42 Å². The molecule has 24 heavy (non-hydrogen) atoms. The largest absolute Gasteiger partial charge is 0.490 e. The van der Waals surface area contributed by atoms with Crippen molar-refractivity contribution in [1.29, 1.82) is 0 Å². The van der Waals surface area contributed by atoms with E-state index in [1.54, 1.807) is 0 Å². The van der Waals surface area contributed by atoms with Crippen molar-refractivity contribution in [1.82, 2.24) is 0 Å². The number of benzene rings is 1. The van der Waals surface area contributed by atoms with Crippen LogP contribution in [0.2, 0.25) is 0 Å². The molecule has 0 N–H and O–H groups in total. The normalized spacial score (nSPS) is 21.2. The molecule has 0 amide bonds. The Kier molecular flexibility index (Phi) is 6.38. The molecule has 3 heteroatoms. The molecule has 1 aliphatic heterocycles. The van der Waals surface area contributed by atoms with Gasteiger partial charge in [0.2, 0.25) is 0 Å². The number of Topliss-reactive ketones (excluding diaryl/α,β-unsaturated/α-hetero) is 1. The Morgan fingerprint density at radius 2 is 1.96 bits per heavy atom. The van der Waals surface area contributed by atoms with Crippen LogP contribution in [0.1, 0.15) is 47.0 Å². The summed E-state index contributed by atoms with van der Waals surface area (Å²) < 4.78 is 11.5. The Labute approximate surface area is 145 Å². The summed E-state index contributed by atoms with van der Waals surface area (Å²) in [6.45, 7) is 8.46. The fraction of sp³-hybridized carbons (Fsp3) is 0.476. The van der Waals surface area contributed by atoms with E-state index in [1.807, 2.05) is 44.2 Å². The summed E-state index contributed by atoms with van der Waals surface area (Å²) in [6.07, 6.45) is 6.69. The van der Waals surface area contributed by atoms with Gasteiger partial charge in [-0.3, -0.25) is 4.79 Å². The second-order valence-corrected chi connectivity index (χ2v) is 6.91. The third-order valence-electron chi connectivity index (χ3n) is 4.42. The van der Waals surface area contributed by atoms with E-state index in [9.17, 15) is 4.79 Å². The zero-order valence-corrected chi connectivity index (χ0v) is 15.2. The van der Waals surface area contributed by atoms with Gasteiger partial charge >= 0.3 is 0 Å². The van der Waals surface area contributed by atoms with E-state index in [0.29, 0.717) is 13.0 Å². The number of carbonyl (C=O) groups is 1. The molecule has 1 saturated heterocycles. The molecule has 0 aliphatic carbocycles. The quantitative estimate of drug-likeness (QED) is 0.670. The number of hydrogen-bond donors (Lipinski definition) is 0. The molecule has 130 valence electrons. The van der Waals surface area contributed by atoms with E-state index in [0.717, 1.165) is 24.2 Å². The lowest BCUT2D eigenvalue weighted by Crippen LogP contribution is -2.27. The summed E-state index contributed by atoms with van der Waals surface area (Å²) in [6, 6.07) is 9.83. The Bertz CT molecular complexity index is 611. The monoisotopic (exact) mass is 328 g/mol. The fourth-order valence-electron chi connectivity index (χ4n) is 2.69. The molecule has 1 atom stereocenters. The van der Waals surface area contributed by atoms with Crippen molar-refractivity contribution in [2.45, 2.75) is 58.7 Å². The molecule has 0 bridgehead atoms. The van der Waals surface area contributed by atoms with Gasteiger partial charge in [-0.25, -0.2) is 0 Å². The smallest absolute Gasteiger partial charge is 0.167 e. The van der Waals surface area contributed by atoms with Gasteiger partial charge in [0.05, 0.1) is 6.10 Å². The highest BCUT2D eigenvalue weighted by Gasteiger charge is 2.40. The van der Waals surface area contributed by atoms with Crippen LogP contribution in [0.25, 0.3) is 0 Å². The van der Waals surface area contributed by atoms with Crippen LogP contribution in [0.4, 0.5) is 0 Å². The lowest BCUT2D eigenvalue weighted by Gasteiger charge is -2.18. The van der Waals surface area contributed by atoms with Gasteiger partial charge < -0.3 is 9.47 Å². The van der Waals surface area contributed by atoms with Crippen LogP contribution in [-0.2, 0) is 9.53 Å². The summed E-state index contributed by atoms with van der Waals surface area (Å²) in [7, 11) is 0. The summed E-state index contributed by atoms with van der Waals surface area (Å²) in [5.41, 5.74) is 1.82. The summed E-state index contributed by atoms with van der Waals surface area (Å²) in [5, 5.41) is 0. The lowest BCUT2D eigenvalue weighted by molar-refractivity contribution is -0.129. The SMILES string of the molecule is C/C(=C\COc1ccccc1)CC/C=C(\C)C1CC(=O)C(C)(C)O1. The highest BCUT2D eigenvalue weighted by Crippen LogP contribution is 2.30. The highest BCUT2D eigenvalue weighted by molar-refractivity contribution is 5.89. The van der Waals surface area contributed by atoms with E-state index in [4.69, 9.17) is 9.47 Å². The van der Waals surface area contributed by atoms with Crippen LogP contribution < -0.4 is 4.74 Å². The summed E-state index contributed by atoms with van der Waals surface area (Å²) in [5.74, 6) is 1.08. The number of allylic oxidation sites excluding steroid dienone is 2. The average molecular weight is 328 g/mol. The predicted octanol–water partition coefficient (Wildman–Crippen LogP) is 4.87. The number of carbonyl (C=O) groups excluding carboxylic acids is 1. The molecule has 1 aromatic carbocycles. The molecule has 1 heterocycles. The molecule has 1 fully saturated rings. The van der Waals surface area contributed by atoms with Gasteiger partial charge in [-0.2, -0.15) is 0 Å². The molecule has 1 aliphatic rings. The molecule has 0 spiro atoms. The van der Waals surface area contributed by atoms with E-state index in [1.165, 1.54) is 5.57 Å². The zero-order chi connectivity index (χ0) is 17.6. The van der Waals surface area contributed by atoms with Crippen LogP contribution in [0.15, 0.2) is 53.6 Å². The number of hydrogen-bond acceptors (Lipinski definition) is 3. The third-order valence-corrected chi connectivity index (χ3v) is 4.42. The van der Waals surface area contributed by atoms with Crippen molar-refractivity contribution in [2.24, 2.45) is 0 Å². The van der Waals surface area contributed by atoms with Crippen molar-refractivity contribution in [2.75, 3.05) is 6.61 Å². The number of ketones is 1. The maximum atomic E-state index is 11.9. The van der Waals surface area contributed by atoms with Crippen LogP contribution in [0.5, 0.6) is 5.75 Å². The minimum Gasteiger partial charge on any atom is -0.490 e. The first-order valence-electron chi connectivity index (χ1n) is 8.60. The van der Waals surface area contributed by atoms with Crippen molar-refractivity contribution in [3.8, 4) is 5.75 Å². The molecule has 0 radical (unpaired) electrons. The maximum absolute atomic E-state index is 11.9. The topological polar surface area (TPSA) is 35.5 Å².